The molecule has 3 aromatic rings. The first-order chi connectivity index (χ1) is 16.2. The Kier molecular flexibility index (Phi) is 8.58. The molecule has 0 bridgehead atoms. The average molecular weight is 454 g/mol. The van der Waals surface area contributed by atoms with Crippen LogP contribution in [0.15, 0.2) is 57.7 Å². The Morgan fingerprint density at radius 3 is 2.67 bits per heavy atom. The zero-order valence-electron chi connectivity index (χ0n) is 19.5. The van der Waals surface area contributed by atoms with Crippen LogP contribution in [-0.2, 0) is 17.9 Å². The highest BCUT2D eigenvalue weighted by Crippen LogP contribution is 2.34. The van der Waals surface area contributed by atoms with Crippen LogP contribution in [0.2, 0.25) is 0 Å². The van der Waals surface area contributed by atoms with Gasteiger partial charge in [-0.2, -0.15) is 0 Å². The van der Waals surface area contributed by atoms with E-state index in [1.165, 1.54) is 19.3 Å². The number of aliphatic hydroxyl groups excluding tert-OH is 1. The van der Waals surface area contributed by atoms with Crippen molar-refractivity contribution in [1.29, 1.82) is 0 Å². The number of benzene rings is 1. The van der Waals surface area contributed by atoms with E-state index in [-0.39, 0.29) is 6.61 Å². The number of furan rings is 1. The van der Waals surface area contributed by atoms with E-state index in [2.05, 4.69) is 34.0 Å². The summed E-state index contributed by atoms with van der Waals surface area (Å²) in [5.74, 6) is 1.63. The number of rotatable bonds is 12. The maximum Gasteiger partial charge on any atom is 0.232 e. The van der Waals surface area contributed by atoms with Gasteiger partial charge >= 0.3 is 0 Å². The Morgan fingerprint density at radius 2 is 1.94 bits per heavy atom. The van der Waals surface area contributed by atoms with Gasteiger partial charge in [-0.05, 0) is 44.4 Å². The van der Waals surface area contributed by atoms with Gasteiger partial charge in [0, 0.05) is 31.7 Å². The second kappa shape index (κ2) is 12.0. The molecule has 1 aliphatic heterocycles. The molecule has 0 amide bonds. The lowest BCUT2D eigenvalue weighted by Crippen LogP contribution is -2.36. The smallest absolute Gasteiger partial charge is 0.232 e. The predicted molar refractivity (Wildman–Crippen MR) is 128 cm³/mol. The maximum atomic E-state index is 10.7. The van der Waals surface area contributed by atoms with Gasteiger partial charge in [0.05, 0.1) is 24.5 Å². The standard InChI is InChI=1S/C26H35N3O4/c1-2-13-28(17-22(30)19-31-20-23-12-9-16-32-23)18-24-25(21-10-5-3-6-11-21)27-33-26(24)29-14-7-4-8-15-29/h3,5-6,9-12,16,22,30H,2,4,7-8,13-15,17-20H2,1H3. The zero-order chi connectivity index (χ0) is 22.9. The summed E-state index contributed by atoms with van der Waals surface area (Å²) >= 11 is 0. The molecule has 7 heteroatoms. The zero-order valence-corrected chi connectivity index (χ0v) is 19.5. The van der Waals surface area contributed by atoms with Crippen LogP contribution in [0.25, 0.3) is 11.3 Å². The van der Waals surface area contributed by atoms with E-state index in [4.69, 9.17) is 13.7 Å². The lowest BCUT2D eigenvalue weighted by atomic mass is 10.1. The monoisotopic (exact) mass is 453 g/mol. The Balaban J connectivity index is 1.47. The number of aromatic nitrogens is 1. The van der Waals surface area contributed by atoms with E-state index >= 15 is 0 Å². The summed E-state index contributed by atoms with van der Waals surface area (Å²) in [6.45, 7) is 6.82. The Morgan fingerprint density at radius 1 is 1.12 bits per heavy atom. The molecule has 0 spiro atoms. The summed E-state index contributed by atoms with van der Waals surface area (Å²) in [6.07, 6.45) is 5.63. The molecular formula is C26H35N3O4. The fraction of sp³-hybridized carbons (Fsp3) is 0.500. The van der Waals surface area contributed by atoms with Crippen molar-refractivity contribution in [3.8, 4) is 11.3 Å². The molecule has 0 aliphatic carbocycles. The van der Waals surface area contributed by atoms with Gasteiger partial charge in [-0.25, -0.2) is 0 Å². The lowest BCUT2D eigenvalue weighted by Gasteiger charge is -2.29. The summed E-state index contributed by atoms with van der Waals surface area (Å²) in [5.41, 5.74) is 3.04. The topological polar surface area (TPSA) is 75.1 Å². The predicted octanol–water partition coefficient (Wildman–Crippen LogP) is 4.71. The molecule has 3 heterocycles. The first-order valence-electron chi connectivity index (χ1n) is 12.0. The average Bonchev–Trinajstić information content (AvgIpc) is 3.51. The fourth-order valence-corrected chi connectivity index (χ4v) is 4.43. The van der Waals surface area contributed by atoms with Gasteiger partial charge in [-0.1, -0.05) is 42.4 Å². The number of hydrogen-bond acceptors (Lipinski definition) is 7. The highest BCUT2D eigenvalue weighted by molar-refractivity contribution is 5.68. The minimum atomic E-state index is -0.593. The molecule has 33 heavy (non-hydrogen) atoms. The van der Waals surface area contributed by atoms with Crippen LogP contribution in [0.4, 0.5) is 5.88 Å². The number of nitrogens with zero attached hydrogens (tertiary/aromatic N) is 3. The largest absolute Gasteiger partial charge is 0.467 e. The summed E-state index contributed by atoms with van der Waals surface area (Å²) in [6, 6.07) is 13.9. The quantitative estimate of drug-likeness (QED) is 0.425. The normalized spacial score (nSPS) is 15.3. The number of hydrogen-bond donors (Lipinski definition) is 1. The van der Waals surface area contributed by atoms with E-state index in [9.17, 15) is 5.11 Å². The molecule has 1 atom stereocenters. The van der Waals surface area contributed by atoms with E-state index < -0.39 is 6.10 Å². The van der Waals surface area contributed by atoms with E-state index in [0.29, 0.717) is 19.7 Å². The third kappa shape index (κ3) is 6.47. The molecular weight excluding hydrogens is 418 g/mol. The van der Waals surface area contributed by atoms with Gasteiger partial charge in [0.25, 0.3) is 0 Å². The third-order valence-electron chi connectivity index (χ3n) is 5.98. The Bertz CT molecular complexity index is 936. The number of ether oxygens (including phenoxy) is 1. The van der Waals surface area contributed by atoms with Gasteiger partial charge in [-0.15, -0.1) is 0 Å². The summed E-state index contributed by atoms with van der Waals surface area (Å²) in [7, 11) is 0. The van der Waals surface area contributed by atoms with Crippen LogP contribution in [0, 0.1) is 0 Å². The van der Waals surface area contributed by atoms with Crippen LogP contribution in [0.3, 0.4) is 0 Å². The molecule has 1 N–H and O–H groups in total. The SMILES string of the molecule is CCCN(Cc1c(-c2ccccc2)noc1N1CCCCC1)CC(O)COCc1ccco1. The molecule has 1 saturated heterocycles. The Labute approximate surface area is 195 Å². The molecule has 7 nitrogen and oxygen atoms in total. The molecule has 1 unspecified atom stereocenters. The van der Waals surface area contributed by atoms with Gasteiger partial charge in [-0.3, -0.25) is 4.90 Å². The lowest BCUT2D eigenvalue weighted by molar-refractivity contribution is 0.00388. The molecule has 2 aromatic heterocycles. The molecule has 1 aromatic carbocycles. The van der Waals surface area contributed by atoms with Crippen molar-refractivity contribution in [2.24, 2.45) is 0 Å². The van der Waals surface area contributed by atoms with Crippen molar-refractivity contribution in [1.82, 2.24) is 10.1 Å². The van der Waals surface area contributed by atoms with Crippen molar-refractivity contribution in [3.63, 3.8) is 0 Å². The molecule has 1 aliphatic rings. The highest BCUT2D eigenvalue weighted by atomic mass is 16.5. The number of aliphatic hydroxyl groups is 1. The summed E-state index contributed by atoms with van der Waals surface area (Å²) < 4.78 is 16.9. The van der Waals surface area contributed by atoms with Crippen molar-refractivity contribution in [3.05, 3.63) is 60.1 Å². The first-order valence-corrected chi connectivity index (χ1v) is 12.0. The van der Waals surface area contributed by atoms with Gasteiger partial charge < -0.3 is 23.7 Å². The van der Waals surface area contributed by atoms with Crippen LogP contribution in [0.1, 0.15) is 43.9 Å². The number of anilines is 1. The summed E-state index contributed by atoms with van der Waals surface area (Å²) in [4.78, 5) is 4.60. The highest BCUT2D eigenvalue weighted by Gasteiger charge is 2.26. The molecule has 0 saturated carbocycles. The van der Waals surface area contributed by atoms with Crippen molar-refractivity contribution in [2.75, 3.05) is 37.7 Å². The van der Waals surface area contributed by atoms with Crippen LogP contribution in [0.5, 0.6) is 0 Å². The minimum Gasteiger partial charge on any atom is -0.467 e. The van der Waals surface area contributed by atoms with Crippen LogP contribution < -0.4 is 4.90 Å². The molecule has 178 valence electrons. The fourth-order valence-electron chi connectivity index (χ4n) is 4.43. The maximum absolute atomic E-state index is 10.7. The second-order valence-electron chi connectivity index (χ2n) is 8.71. The molecule has 4 rings (SSSR count). The van der Waals surface area contributed by atoms with Crippen molar-refractivity contribution >= 4 is 5.88 Å². The van der Waals surface area contributed by atoms with Crippen LogP contribution >= 0.6 is 0 Å². The van der Waals surface area contributed by atoms with Crippen molar-refractivity contribution in [2.45, 2.75) is 51.9 Å². The van der Waals surface area contributed by atoms with E-state index in [1.54, 1.807) is 6.26 Å². The van der Waals surface area contributed by atoms with E-state index in [1.807, 2.05) is 30.3 Å². The van der Waals surface area contributed by atoms with Gasteiger partial charge in [0.1, 0.15) is 18.1 Å². The van der Waals surface area contributed by atoms with E-state index in [0.717, 1.165) is 54.5 Å². The van der Waals surface area contributed by atoms with Crippen LogP contribution in [-0.4, -0.2) is 54.1 Å². The molecule has 0 radical (unpaired) electrons. The summed E-state index contributed by atoms with van der Waals surface area (Å²) in [5, 5.41) is 15.2. The second-order valence-corrected chi connectivity index (χ2v) is 8.71. The van der Waals surface area contributed by atoms with Gasteiger partial charge in [0.15, 0.2) is 0 Å². The van der Waals surface area contributed by atoms with Gasteiger partial charge in [0.2, 0.25) is 5.88 Å². The first kappa shape index (κ1) is 23.5. The third-order valence-corrected chi connectivity index (χ3v) is 5.98. The Hall–Kier alpha value is -2.61. The molecule has 1 fully saturated rings. The minimum absolute atomic E-state index is 0.259. The van der Waals surface area contributed by atoms with Crippen molar-refractivity contribution < 1.29 is 18.8 Å². The number of piperidine rings is 1.